The molecule has 0 fully saturated rings. The topological polar surface area (TPSA) is 128 Å². The molecule has 1 aliphatic rings. The van der Waals surface area contributed by atoms with E-state index in [-0.39, 0.29) is 0 Å². The lowest BCUT2D eigenvalue weighted by atomic mass is 9.85. The Balaban J connectivity index is 2.18. The van der Waals surface area contributed by atoms with Crippen molar-refractivity contribution in [2.75, 3.05) is 0 Å². The summed E-state index contributed by atoms with van der Waals surface area (Å²) in [6, 6.07) is 8.67. The van der Waals surface area contributed by atoms with Gasteiger partial charge in [-0.3, -0.25) is 4.79 Å². The van der Waals surface area contributed by atoms with Crippen LogP contribution in [0.15, 0.2) is 41.3 Å². The second-order valence-corrected chi connectivity index (χ2v) is 7.14. The smallest absolute Gasteiger partial charge is 0.295 e. The predicted molar refractivity (Wildman–Crippen MR) is 97.2 cm³/mol. The maximum atomic E-state index is 12.6. The van der Waals surface area contributed by atoms with Gasteiger partial charge in [-0.25, -0.2) is 0 Å². The minimum atomic E-state index is -1.12. The number of rotatable bonds is 4. The van der Waals surface area contributed by atoms with Crippen LogP contribution in [0.2, 0.25) is 0 Å². The molecular weight excluding hydrogens is 366 g/mol. The molecule has 3 rings (SSSR count). The van der Waals surface area contributed by atoms with Crippen molar-refractivity contribution in [3.05, 3.63) is 73.7 Å². The summed E-state index contributed by atoms with van der Waals surface area (Å²) in [5.74, 6) is 0.450. The molecule has 0 saturated carbocycles. The molecule has 3 unspecified atom stereocenters. The van der Waals surface area contributed by atoms with Gasteiger partial charge in [-0.2, -0.15) is 5.26 Å². The first-order valence-electron chi connectivity index (χ1n) is 8.58. The van der Waals surface area contributed by atoms with Crippen LogP contribution in [0, 0.1) is 21.4 Å². The third-order valence-electron chi connectivity index (χ3n) is 4.82. The van der Waals surface area contributed by atoms with Crippen LogP contribution in [0.3, 0.4) is 0 Å². The van der Waals surface area contributed by atoms with Crippen molar-refractivity contribution in [2.45, 2.75) is 44.6 Å². The van der Waals surface area contributed by atoms with Gasteiger partial charge < -0.3 is 19.2 Å². The fourth-order valence-electron chi connectivity index (χ4n) is 3.31. The van der Waals surface area contributed by atoms with Crippen LogP contribution in [0.1, 0.15) is 49.6 Å². The first kappa shape index (κ1) is 19.4. The summed E-state index contributed by atoms with van der Waals surface area (Å²) in [5.41, 5.74) is -0.191. The first-order valence-corrected chi connectivity index (χ1v) is 8.58. The summed E-state index contributed by atoms with van der Waals surface area (Å²) in [4.78, 5) is 27.8. The molecule has 146 valence electrons. The average molecular weight is 385 g/mol. The minimum Gasteiger partial charge on any atom is -0.485 e. The molecule has 2 heterocycles. The van der Waals surface area contributed by atoms with Crippen LogP contribution in [-0.4, -0.2) is 26.5 Å². The number of nitriles is 1. The summed E-state index contributed by atoms with van der Waals surface area (Å²) in [6.07, 6.45) is -0.598. The fraction of sp³-hybridized carbons (Fsp3) is 0.368. The quantitative estimate of drug-likeness (QED) is 0.630. The summed E-state index contributed by atoms with van der Waals surface area (Å²) >= 11 is 0. The van der Waals surface area contributed by atoms with Crippen molar-refractivity contribution >= 4 is 0 Å². The van der Waals surface area contributed by atoms with Gasteiger partial charge in [0.25, 0.3) is 10.6 Å². The van der Waals surface area contributed by atoms with Crippen molar-refractivity contribution in [3.8, 4) is 11.8 Å². The van der Waals surface area contributed by atoms with Crippen LogP contribution in [0.25, 0.3) is 0 Å². The summed E-state index contributed by atoms with van der Waals surface area (Å²) < 4.78 is 7.16. The predicted octanol–water partition coefficient (Wildman–Crippen LogP) is 2.11. The maximum Gasteiger partial charge on any atom is 0.295 e. The highest BCUT2D eigenvalue weighted by Gasteiger charge is 2.44. The molecule has 0 radical (unpaired) electrons. The lowest BCUT2D eigenvalue weighted by Crippen LogP contribution is -2.52. The van der Waals surface area contributed by atoms with Gasteiger partial charge in [0, 0.05) is 17.8 Å². The highest BCUT2D eigenvalue weighted by atomic mass is 17.0. The number of hydrogen-bond acceptors (Lipinski definition) is 7. The number of aromatic nitrogens is 1. The van der Waals surface area contributed by atoms with Gasteiger partial charge in [0.05, 0.1) is 17.7 Å². The largest absolute Gasteiger partial charge is 0.485 e. The van der Waals surface area contributed by atoms with Crippen molar-refractivity contribution in [3.63, 3.8) is 0 Å². The highest BCUT2D eigenvalue weighted by molar-refractivity contribution is 5.47. The third kappa shape index (κ3) is 3.42. The Morgan fingerprint density at radius 1 is 1.39 bits per heavy atom. The van der Waals surface area contributed by atoms with E-state index in [0.29, 0.717) is 22.4 Å². The molecule has 2 aromatic rings. The molecule has 1 aromatic carbocycles. The molecule has 1 aromatic heterocycles. The summed E-state index contributed by atoms with van der Waals surface area (Å²) in [7, 11) is 0. The lowest BCUT2D eigenvalue weighted by molar-refractivity contribution is -0.770. The average Bonchev–Trinajstić information content (AvgIpc) is 2.62. The molecule has 9 heteroatoms. The van der Waals surface area contributed by atoms with E-state index >= 15 is 0 Å². The third-order valence-corrected chi connectivity index (χ3v) is 4.82. The van der Waals surface area contributed by atoms with Crippen molar-refractivity contribution in [2.24, 2.45) is 0 Å². The molecule has 1 aliphatic heterocycles. The Hall–Kier alpha value is -3.38. The van der Waals surface area contributed by atoms with Crippen LogP contribution in [0.4, 0.5) is 0 Å². The zero-order chi connectivity index (χ0) is 20.6. The van der Waals surface area contributed by atoms with E-state index < -0.39 is 34.5 Å². The maximum absolute atomic E-state index is 12.6. The second kappa shape index (κ2) is 6.98. The molecule has 1 N–H and O–H groups in total. The standard InChI is InChI=1S/C19H19N3O6/c1-11(28-22(25)26)13-5-7-16(23)21(10-13)17-14-8-12(9-20)4-6-15(14)27-19(2,3)18(17)24/h4-8,10-11,17-18,24H,1-3H3. The number of pyridine rings is 1. The zero-order valence-electron chi connectivity index (χ0n) is 15.5. The fourth-order valence-corrected chi connectivity index (χ4v) is 3.31. The Morgan fingerprint density at radius 3 is 2.75 bits per heavy atom. The monoisotopic (exact) mass is 385 g/mol. The Labute approximate surface area is 160 Å². The molecule has 0 amide bonds. The minimum absolute atomic E-state index is 0.355. The van der Waals surface area contributed by atoms with Gasteiger partial charge in [-0.15, -0.1) is 10.1 Å². The van der Waals surface area contributed by atoms with E-state index in [0.717, 1.165) is 0 Å². The molecular formula is C19H19N3O6. The Morgan fingerprint density at radius 2 is 2.11 bits per heavy atom. The molecule has 0 saturated heterocycles. The molecule has 28 heavy (non-hydrogen) atoms. The van der Waals surface area contributed by atoms with E-state index in [1.807, 2.05) is 6.07 Å². The van der Waals surface area contributed by atoms with E-state index in [1.165, 1.54) is 29.8 Å². The first-order chi connectivity index (χ1) is 13.1. The van der Waals surface area contributed by atoms with Gasteiger partial charge >= 0.3 is 0 Å². The molecule has 0 aliphatic carbocycles. The van der Waals surface area contributed by atoms with E-state index in [9.17, 15) is 25.3 Å². The number of fused-ring (bicyclic) bond motifs is 1. The SMILES string of the molecule is CC(O[N+](=O)[O-])c1ccc(=O)n(C2c3cc(C#N)ccc3OC(C)(C)C2O)c1. The van der Waals surface area contributed by atoms with Gasteiger partial charge in [-0.05, 0) is 50.6 Å². The second-order valence-electron chi connectivity index (χ2n) is 7.14. The van der Waals surface area contributed by atoms with Crippen molar-refractivity contribution in [1.82, 2.24) is 4.57 Å². The normalized spacial score (nSPS) is 21.0. The van der Waals surface area contributed by atoms with Gasteiger partial charge in [0.15, 0.2) is 0 Å². The van der Waals surface area contributed by atoms with Crippen molar-refractivity contribution < 1.29 is 19.8 Å². The molecule has 0 bridgehead atoms. The van der Waals surface area contributed by atoms with E-state index in [1.54, 1.807) is 32.0 Å². The summed E-state index contributed by atoms with van der Waals surface area (Å²) in [6.45, 7) is 4.87. The lowest BCUT2D eigenvalue weighted by Gasteiger charge is -2.42. The number of aliphatic hydroxyl groups excluding tert-OH is 1. The van der Waals surface area contributed by atoms with Gasteiger partial charge in [-0.1, -0.05) is 0 Å². The summed E-state index contributed by atoms with van der Waals surface area (Å²) in [5, 5.41) is 29.9. The van der Waals surface area contributed by atoms with E-state index in [2.05, 4.69) is 4.84 Å². The molecule has 0 spiro atoms. The van der Waals surface area contributed by atoms with Crippen molar-refractivity contribution in [1.29, 1.82) is 5.26 Å². The van der Waals surface area contributed by atoms with Crippen LogP contribution in [-0.2, 0) is 4.84 Å². The zero-order valence-corrected chi connectivity index (χ0v) is 15.5. The molecule has 3 atom stereocenters. The van der Waals surface area contributed by atoms with E-state index in [4.69, 9.17) is 4.74 Å². The number of benzene rings is 1. The van der Waals surface area contributed by atoms with Crippen LogP contribution >= 0.6 is 0 Å². The van der Waals surface area contributed by atoms with Gasteiger partial charge in [0.1, 0.15) is 23.6 Å². The number of ether oxygens (including phenoxy) is 1. The number of nitrogens with zero attached hydrogens (tertiary/aromatic N) is 3. The highest BCUT2D eigenvalue weighted by Crippen LogP contribution is 2.42. The van der Waals surface area contributed by atoms with Crippen LogP contribution < -0.4 is 10.3 Å². The Bertz CT molecular complexity index is 1020. The number of aliphatic hydroxyl groups is 1. The van der Waals surface area contributed by atoms with Crippen LogP contribution in [0.5, 0.6) is 5.75 Å². The molecule has 9 nitrogen and oxygen atoms in total. The van der Waals surface area contributed by atoms with Gasteiger partial charge in [0.2, 0.25) is 0 Å². The number of hydrogen-bond donors (Lipinski definition) is 1. The Kier molecular flexibility index (Phi) is 4.83.